The van der Waals surface area contributed by atoms with E-state index in [1.807, 2.05) is 0 Å². The zero-order chi connectivity index (χ0) is 20.2. The van der Waals surface area contributed by atoms with Crippen molar-refractivity contribution in [2.75, 3.05) is 5.75 Å². The molecule has 0 saturated heterocycles. The van der Waals surface area contributed by atoms with Crippen LogP contribution in [0, 0.1) is 0 Å². The molecule has 5 heteroatoms. The summed E-state index contributed by atoms with van der Waals surface area (Å²) >= 11 is 0. The Bertz CT molecular complexity index is 395. The van der Waals surface area contributed by atoms with Crippen LogP contribution < -0.4 is 0 Å². The fourth-order valence-electron chi connectivity index (χ4n) is 3.62. The first kappa shape index (κ1) is 26.9. The summed E-state index contributed by atoms with van der Waals surface area (Å²) in [5.74, 6) is -0.0882. The van der Waals surface area contributed by atoms with Gasteiger partial charge < -0.3 is 5.11 Å². The van der Waals surface area contributed by atoms with Gasteiger partial charge in [0.05, 0.1) is 11.9 Å². The van der Waals surface area contributed by atoms with Crippen LogP contribution in [-0.2, 0) is 10.1 Å². The van der Waals surface area contributed by atoms with Crippen LogP contribution in [0.5, 0.6) is 0 Å². The third-order valence-electron chi connectivity index (χ3n) is 5.31. The second-order valence-electron chi connectivity index (χ2n) is 8.17. The van der Waals surface area contributed by atoms with Crippen molar-refractivity contribution >= 4 is 10.1 Å². The fraction of sp³-hybridized carbons (Fsp3) is 1.00. The van der Waals surface area contributed by atoms with Crippen LogP contribution in [0.1, 0.15) is 129 Å². The molecule has 0 radical (unpaired) electrons. The Labute approximate surface area is 169 Å². The number of unbranched alkanes of at least 4 members (excludes halogenated alkanes) is 15. The standard InChI is InChI=1S/C22H46O4S/c1-2-19-22(23)20-17-15-13-11-9-7-5-3-4-6-8-10-12-14-16-18-21-27(24,25)26/h22-23H,2-21H2,1H3,(H,24,25,26). The Balaban J connectivity index is 3.09. The van der Waals surface area contributed by atoms with Gasteiger partial charge in [0.2, 0.25) is 0 Å². The Hall–Kier alpha value is -0.130. The van der Waals surface area contributed by atoms with Crippen LogP contribution in [-0.4, -0.2) is 29.9 Å². The predicted octanol–water partition coefficient (Wildman–Crippen LogP) is 6.67. The molecule has 164 valence electrons. The highest BCUT2D eigenvalue weighted by Gasteiger charge is 2.03. The topological polar surface area (TPSA) is 74.6 Å². The van der Waals surface area contributed by atoms with Crippen LogP contribution in [0.3, 0.4) is 0 Å². The van der Waals surface area contributed by atoms with E-state index < -0.39 is 10.1 Å². The lowest BCUT2D eigenvalue weighted by atomic mass is 10.0. The van der Waals surface area contributed by atoms with Crippen molar-refractivity contribution in [1.29, 1.82) is 0 Å². The lowest BCUT2D eigenvalue weighted by Crippen LogP contribution is -2.04. The first-order valence-corrected chi connectivity index (χ1v) is 13.2. The van der Waals surface area contributed by atoms with Crippen molar-refractivity contribution in [3.63, 3.8) is 0 Å². The van der Waals surface area contributed by atoms with Gasteiger partial charge in [0.15, 0.2) is 0 Å². The van der Waals surface area contributed by atoms with Crippen molar-refractivity contribution < 1.29 is 18.1 Å². The van der Waals surface area contributed by atoms with E-state index in [1.54, 1.807) is 0 Å². The van der Waals surface area contributed by atoms with E-state index in [9.17, 15) is 13.5 Å². The summed E-state index contributed by atoms with van der Waals surface area (Å²) in [6.07, 6.45) is 22.5. The average Bonchev–Trinajstić information content (AvgIpc) is 2.60. The monoisotopic (exact) mass is 406 g/mol. The summed E-state index contributed by atoms with van der Waals surface area (Å²) in [7, 11) is -3.76. The smallest absolute Gasteiger partial charge is 0.264 e. The molecule has 1 unspecified atom stereocenters. The van der Waals surface area contributed by atoms with Crippen molar-refractivity contribution in [2.45, 2.75) is 135 Å². The molecule has 0 spiro atoms. The molecular formula is C22H46O4S. The van der Waals surface area contributed by atoms with Gasteiger partial charge in [0.1, 0.15) is 0 Å². The molecule has 0 aromatic carbocycles. The molecule has 1 atom stereocenters. The van der Waals surface area contributed by atoms with Gasteiger partial charge in [-0.1, -0.05) is 110 Å². The van der Waals surface area contributed by atoms with Gasteiger partial charge in [-0.15, -0.1) is 0 Å². The molecule has 0 heterocycles. The van der Waals surface area contributed by atoms with Crippen molar-refractivity contribution in [1.82, 2.24) is 0 Å². The van der Waals surface area contributed by atoms with E-state index in [0.29, 0.717) is 6.42 Å². The maximum Gasteiger partial charge on any atom is 0.264 e. The molecule has 0 bridgehead atoms. The molecule has 0 aromatic heterocycles. The number of hydrogen-bond acceptors (Lipinski definition) is 3. The van der Waals surface area contributed by atoms with Gasteiger partial charge in [-0.05, 0) is 19.3 Å². The fourth-order valence-corrected chi connectivity index (χ4v) is 4.19. The van der Waals surface area contributed by atoms with Crippen LogP contribution in [0.25, 0.3) is 0 Å². The summed E-state index contributed by atoms with van der Waals surface area (Å²) in [6, 6.07) is 0. The van der Waals surface area contributed by atoms with E-state index in [2.05, 4.69) is 6.92 Å². The van der Waals surface area contributed by atoms with Crippen LogP contribution in [0.2, 0.25) is 0 Å². The van der Waals surface area contributed by atoms with Crippen LogP contribution in [0.15, 0.2) is 0 Å². The van der Waals surface area contributed by atoms with Crippen molar-refractivity contribution in [3.05, 3.63) is 0 Å². The zero-order valence-electron chi connectivity index (χ0n) is 17.8. The van der Waals surface area contributed by atoms with E-state index in [4.69, 9.17) is 4.55 Å². The lowest BCUT2D eigenvalue weighted by Gasteiger charge is -2.08. The number of rotatable bonds is 21. The molecule has 0 aliphatic carbocycles. The Kier molecular flexibility index (Phi) is 19.1. The molecule has 0 saturated carbocycles. The molecule has 0 aliphatic rings. The third-order valence-corrected chi connectivity index (χ3v) is 6.12. The highest BCUT2D eigenvalue weighted by molar-refractivity contribution is 7.85. The Morgan fingerprint density at radius 1 is 0.593 bits per heavy atom. The van der Waals surface area contributed by atoms with Gasteiger partial charge in [0.25, 0.3) is 10.1 Å². The number of hydrogen-bond donors (Lipinski definition) is 2. The maximum absolute atomic E-state index is 10.6. The minimum absolute atomic E-state index is 0.0694. The van der Waals surface area contributed by atoms with Gasteiger partial charge in [-0.3, -0.25) is 4.55 Å². The highest BCUT2D eigenvalue weighted by Crippen LogP contribution is 2.15. The number of aliphatic hydroxyl groups is 1. The molecule has 0 aliphatic heterocycles. The van der Waals surface area contributed by atoms with Gasteiger partial charge in [0, 0.05) is 0 Å². The number of aliphatic hydroxyl groups excluding tert-OH is 1. The average molecular weight is 407 g/mol. The second-order valence-corrected chi connectivity index (χ2v) is 9.75. The SMILES string of the molecule is CCCC(O)CCCCCCCCCCCCCCCCCCS(=O)(=O)O. The largest absolute Gasteiger partial charge is 0.393 e. The summed E-state index contributed by atoms with van der Waals surface area (Å²) in [5.41, 5.74) is 0. The highest BCUT2D eigenvalue weighted by atomic mass is 32.2. The molecule has 0 aromatic rings. The van der Waals surface area contributed by atoms with E-state index in [0.717, 1.165) is 32.1 Å². The minimum Gasteiger partial charge on any atom is -0.393 e. The van der Waals surface area contributed by atoms with Gasteiger partial charge >= 0.3 is 0 Å². The molecule has 4 nitrogen and oxygen atoms in total. The normalized spacial score (nSPS) is 13.1. The van der Waals surface area contributed by atoms with Crippen LogP contribution >= 0.6 is 0 Å². The second kappa shape index (κ2) is 19.2. The van der Waals surface area contributed by atoms with Gasteiger partial charge in [-0.25, -0.2) is 0 Å². The van der Waals surface area contributed by atoms with Gasteiger partial charge in [-0.2, -0.15) is 8.42 Å². The quantitative estimate of drug-likeness (QED) is 0.165. The molecular weight excluding hydrogens is 360 g/mol. The molecule has 0 rings (SSSR count). The molecule has 27 heavy (non-hydrogen) atoms. The first-order valence-electron chi connectivity index (χ1n) is 11.6. The Morgan fingerprint density at radius 3 is 1.26 bits per heavy atom. The van der Waals surface area contributed by atoms with E-state index >= 15 is 0 Å². The van der Waals surface area contributed by atoms with Crippen LogP contribution in [0.4, 0.5) is 0 Å². The van der Waals surface area contributed by atoms with Crippen molar-refractivity contribution in [2.24, 2.45) is 0 Å². The minimum atomic E-state index is -3.76. The summed E-state index contributed by atoms with van der Waals surface area (Å²) < 4.78 is 29.8. The van der Waals surface area contributed by atoms with E-state index in [-0.39, 0.29) is 11.9 Å². The third kappa shape index (κ3) is 23.8. The molecule has 0 fully saturated rings. The summed E-state index contributed by atoms with van der Waals surface area (Å²) in [5, 5.41) is 9.67. The molecule has 0 amide bonds. The maximum atomic E-state index is 10.6. The van der Waals surface area contributed by atoms with E-state index in [1.165, 1.54) is 83.5 Å². The zero-order valence-corrected chi connectivity index (χ0v) is 18.7. The summed E-state index contributed by atoms with van der Waals surface area (Å²) in [6.45, 7) is 2.13. The predicted molar refractivity (Wildman–Crippen MR) is 116 cm³/mol. The molecule has 2 N–H and O–H groups in total. The van der Waals surface area contributed by atoms with Crippen molar-refractivity contribution in [3.8, 4) is 0 Å². The lowest BCUT2D eigenvalue weighted by molar-refractivity contribution is 0.150. The summed E-state index contributed by atoms with van der Waals surface area (Å²) in [4.78, 5) is 0. The first-order chi connectivity index (χ1) is 13.0. The Morgan fingerprint density at radius 2 is 0.926 bits per heavy atom.